The number of aromatic amines is 1. The van der Waals surface area contributed by atoms with Crippen molar-refractivity contribution in [2.24, 2.45) is 0 Å². The van der Waals surface area contributed by atoms with Gasteiger partial charge in [0.2, 0.25) is 5.91 Å². The molecule has 2 N–H and O–H groups in total. The van der Waals surface area contributed by atoms with Gasteiger partial charge in [0, 0.05) is 31.3 Å². The molecule has 7 heteroatoms. The Morgan fingerprint density at radius 3 is 2.63 bits per heavy atom. The van der Waals surface area contributed by atoms with Crippen molar-refractivity contribution in [3.63, 3.8) is 0 Å². The molecular formula is C20H24N4O2S. The fourth-order valence-electron chi connectivity index (χ4n) is 2.87. The number of nitrogens with one attached hydrogen (secondary N) is 2. The second kappa shape index (κ2) is 7.92. The number of amides is 2. The van der Waals surface area contributed by atoms with Crippen molar-refractivity contribution in [3.05, 3.63) is 52.0 Å². The summed E-state index contributed by atoms with van der Waals surface area (Å²) in [5, 5.41) is 3.02. The van der Waals surface area contributed by atoms with Gasteiger partial charge in [-0.25, -0.2) is 4.98 Å². The molecule has 2 amide bonds. The Morgan fingerprint density at radius 1 is 1.19 bits per heavy atom. The molecule has 2 atom stereocenters. The summed E-state index contributed by atoms with van der Waals surface area (Å²) in [5.41, 5.74) is 1.88. The fourth-order valence-corrected chi connectivity index (χ4v) is 3.90. The highest BCUT2D eigenvalue weighted by Gasteiger charge is 2.19. The van der Waals surface area contributed by atoms with E-state index in [1.807, 2.05) is 50.2 Å². The van der Waals surface area contributed by atoms with Gasteiger partial charge in [-0.1, -0.05) is 19.1 Å². The van der Waals surface area contributed by atoms with Crippen molar-refractivity contribution in [2.75, 3.05) is 14.1 Å². The van der Waals surface area contributed by atoms with Crippen molar-refractivity contribution in [1.82, 2.24) is 20.2 Å². The molecule has 2 aromatic heterocycles. The second-order valence-electron chi connectivity index (χ2n) is 6.94. The van der Waals surface area contributed by atoms with Gasteiger partial charge in [-0.2, -0.15) is 0 Å². The number of aromatic nitrogens is 2. The highest BCUT2D eigenvalue weighted by molar-refractivity contribution is 7.14. The van der Waals surface area contributed by atoms with Gasteiger partial charge in [-0.15, -0.1) is 11.3 Å². The maximum Gasteiger partial charge on any atom is 0.263 e. The Kier molecular flexibility index (Phi) is 5.60. The zero-order valence-electron chi connectivity index (χ0n) is 15.9. The van der Waals surface area contributed by atoms with Gasteiger partial charge in [0.25, 0.3) is 5.91 Å². The van der Waals surface area contributed by atoms with E-state index >= 15 is 0 Å². The predicted octanol–water partition coefficient (Wildman–Crippen LogP) is 3.70. The summed E-state index contributed by atoms with van der Waals surface area (Å²) < 4.78 is 0. The lowest BCUT2D eigenvalue weighted by Crippen LogP contribution is -2.27. The Labute approximate surface area is 162 Å². The highest BCUT2D eigenvalue weighted by atomic mass is 32.1. The monoisotopic (exact) mass is 384 g/mol. The van der Waals surface area contributed by atoms with E-state index in [-0.39, 0.29) is 23.8 Å². The van der Waals surface area contributed by atoms with Crippen LogP contribution in [0.3, 0.4) is 0 Å². The molecular weight excluding hydrogens is 360 g/mol. The van der Waals surface area contributed by atoms with E-state index in [4.69, 9.17) is 0 Å². The molecule has 3 rings (SSSR count). The third kappa shape index (κ3) is 4.36. The van der Waals surface area contributed by atoms with E-state index in [1.165, 1.54) is 11.3 Å². The summed E-state index contributed by atoms with van der Waals surface area (Å²) in [7, 11) is 3.46. The van der Waals surface area contributed by atoms with Crippen LogP contribution in [0.1, 0.15) is 52.6 Å². The largest absolute Gasteiger partial charge is 0.349 e. The van der Waals surface area contributed by atoms with Gasteiger partial charge in [0.05, 0.1) is 22.0 Å². The standard InChI is InChI=1S/C20H24N4O2S/c1-12(19-22-14-7-5-6-8-15(14)23-19)11-18(25)21-13(2)16-9-10-17(27-16)20(26)24(3)4/h5-10,12-13H,11H2,1-4H3,(H,21,25)(H,22,23)/t12?,13-/m1/s1. The fraction of sp³-hybridized carbons (Fsp3) is 0.350. The summed E-state index contributed by atoms with van der Waals surface area (Å²) in [5.74, 6) is 0.737. The SMILES string of the molecule is CC(CC(=O)N[C@H](C)c1ccc(C(=O)N(C)C)s1)c1nc2ccccc2[nH]1. The Hall–Kier alpha value is -2.67. The Balaban J connectivity index is 1.60. The van der Waals surface area contributed by atoms with Crippen LogP contribution < -0.4 is 5.32 Å². The van der Waals surface area contributed by atoms with E-state index in [1.54, 1.807) is 19.0 Å². The first-order valence-electron chi connectivity index (χ1n) is 8.90. The van der Waals surface area contributed by atoms with Crippen molar-refractivity contribution in [3.8, 4) is 0 Å². The molecule has 6 nitrogen and oxygen atoms in total. The van der Waals surface area contributed by atoms with Crippen LogP contribution in [0.15, 0.2) is 36.4 Å². The lowest BCUT2D eigenvalue weighted by atomic mass is 10.1. The molecule has 1 unspecified atom stereocenters. The van der Waals surface area contributed by atoms with E-state index in [2.05, 4.69) is 15.3 Å². The minimum absolute atomic E-state index is 0.0150. The third-order valence-electron chi connectivity index (χ3n) is 4.41. The molecule has 0 aliphatic carbocycles. The molecule has 0 aliphatic heterocycles. The number of carbonyl (C=O) groups is 2. The average molecular weight is 385 g/mol. The minimum atomic E-state index is -0.144. The number of nitrogens with zero attached hydrogens (tertiary/aromatic N) is 2. The number of para-hydroxylation sites is 2. The summed E-state index contributed by atoms with van der Waals surface area (Å²) in [4.78, 5) is 35.5. The number of hydrogen-bond donors (Lipinski definition) is 2. The molecule has 27 heavy (non-hydrogen) atoms. The zero-order valence-corrected chi connectivity index (χ0v) is 16.8. The average Bonchev–Trinajstić information content (AvgIpc) is 3.27. The van der Waals surface area contributed by atoms with Gasteiger partial charge in [0.1, 0.15) is 5.82 Å². The maximum atomic E-state index is 12.5. The number of rotatable bonds is 6. The first kappa shape index (κ1) is 19.1. The van der Waals surface area contributed by atoms with Gasteiger partial charge >= 0.3 is 0 Å². The van der Waals surface area contributed by atoms with Crippen molar-refractivity contribution >= 4 is 34.2 Å². The molecule has 0 saturated heterocycles. The second-order valence-corrected chi connectivity index (χ2v) is 8.05. The van der Waals surface area contributed by atoms with E-state index < -0.39 is 0 Å². The zero-order chi connectivity index (χ0) is 19.6. The molecule has 0 aliphatic rings. The van der Waals surface area contributed by atoms with Crippen LogP contribution in [0.4, 0.5) is 0 Å². The van der Waals surface area contributed by atoms with Gasteiger partial charge in [-0.05, 0) is 31.2 Å². The molecule has 0 radical (unpaired) electrons. The summed E-state index contributed by atoms with van der Waals surface area (Å²) in [6.07, 6.45) is 0.346. The van der Waals surface area contributed by atoms with Crippen LogP contribution in [0, 0.1) is 0 Å². The number of benzene rings is 1. The quantitative estimate of drug-likeness (QED) is 0.680. The molecule has 0 spiro atoms. The van der Waals surface area contributed by atoms with Crippen LogP contribution >= 0.6 is 11.3 Å². The van der Waals surface area contributed by atoms with Crippen LogP contribution in [0.5, 0.6) is 0 Å². The number of fused-ring (bicyclic) bond motifs is 1. The Bertz CT molecular complexity index is 927. The summed E-state index contributed by atoms with van der Waals surface area (Å²) in [6, 6.07) is 11.4. The molecule has 2 heterocycles. The lowest BCUT2D eigenvalue weighted by Gasteiger charge is -2.14. The molecule has 0 bridgehead atoms. The number of imidazole rings is 1. The van der Waals surface area contributed by atoms with Crippen LogP contribution in [0.25, 0.3) is 11.0 Å². The maximum absolute atomic E-state index is 12.5. The molecule has 142 valence electrons. The van der Waals surface area contributed by atoms with Crippen LogP contribution in [-0.2, 0) is 4.79 Å². The van der Waals surface area contributed by atoms with Gasteiger partial charge in [0.15, 0.2) is 0 Å². The van der Waals surface area contributed by atoms with Gasteiger partial charge < -0.3 is 15.2 Å². The minimum Gasteiger partial charge on any atom is -0.349 e. The van der Waals surface area contributed by atoms with E-state index in [0.29, 0.717) is 11.3 Å². The third-order valence-corrected chi connectivity index (χ3v) is 5.67. The first-order valence-corrected chi connectivity index (χ1v) is 9.72. The molecule has 3 aromatic rings. The summed E-state index contributed by atoms with van der Waals surface area (Å²) >= 11 is 1.41. The first-order chi connectivity index (χ1) is 12.8. The number of H-pyrrole nitrogens is 1. The topological polar surface area (TPSA) is 78.1 Å². The van der Waals surface area contributed by atoms with E-state index in [9.17, 15) is 9.59 Å². The normalized spacial score (nSPS) is 13.3. The molecule has 0 fully saturated rings. The highest BCUT2D eigenvalue weighted by Crippen LogP contribution is 2.25. The summed E-state index contributed by atoms with van der Waals surface area (Å²) in [6.45, 7) is 3.92. The lowest BCUT2D eigenvalue weighted by molar-refractivity contribution is -0.122. The van der Waals surface area contributed by atoms with E-state index in [0.717, 1.165) is 21.7 Å². The van der Waals surface area contributed by atoms with Crippen LogP contribution in [-0.4, -0.2) is 40.8 Å². The molecule has 1 aromatic carbocycles. The Morgan fingerprint density at radius 2 is 1.93 bits per heavy atom. The van der Waals surface area contributed by atoms with Crippen molar-refractivity contribution in [1.29, 1.82) is 0 Å². The predicted molar refractivity (Wildman–Crippen MR) is 108 cm³/mol. The number of hydrogen-bond acceptors (Lipinski definition) is 4. The van der Waals surface area contributed by atoms with Crippen molar-refractivity contribution in [2.45, 2.75) is 32.2 Å². The number of thiophene rings is 1. The molecule has 0 saturated carbocycles. The number of carbonyl (C=O) groups excluding carboxylic acids is 2. The van der Waals surface area contributed by atoms with Crippen LogP contribution in [0.2, 0.25) is 0 Å². The smallest absolute Gasteiger partial charge is 0.263 e. The van der Waals surface area contributed by atoms with Gasteiger partial charge in [-0.3, -0.25) is 9.59 Å². The van der Waals surface area contributed by atoms with Crippen molar-refractivity contribution < 1.29 is 9.59 Å².